The Kier molecular flexibility index (Phi) is 4.79. The molecule has 1 aromatic carbocycles. The third-order valence-electron chi connectivity index (χ3n) is 2.74. The van der Waals surface area contributed by atoms with Crippen molar-refractivity contribution in [3.63, 3.8) is 0 Å². The average molecular weight is 261 g/mol. The lowest BCUT2D eigenvalue weighted by Gasteiger charge is -2.12. The van der Waals surface area contributed by atoms with E-state index >= 15 is 0 Å². The van der Waals surface area contributed by atoms with Gasteiger partial charge in [-0.15, -0.1) is 11.3 Å². The Labute approximate surface area is 112 Å². The van der Waals surface area contributed by atoms with E-state index in [1.165, 1.54) is 9.75 Å². The van der Waals surface area contributed by atoms with Crippen molar-refractivity contribution in [1.82, 2.24) is 0 Å². The number of hydrogen-bond donors (Lipinski definition) is 1. The fourth-order valence-corrected chi connectivity index (χ4v) is 2.81. The van der Waals surface area contributed by atoms with Gasteiger partial charge in [-0.1, -0.05) is 25.1 Å². The van der Waals surface area contributed by atoms with Gasteiger partial charge in [0.25, 0.3) is 0 Å². The van der Waals surface area contributed by atoms with Gasteiger partial charge in [0.05, 0.1) is 0 Å². The van der Waals surface area contributed by atoms with E-state index in [4.69, 9.17) is 10.5 Å². The molecule has 0 saturated heterocycles. The van der Waals surface area contributed by atoms with Crippen molar-refractivity contribution in [3.05, 3.63) is 52.2 Å². The molecule has 1 unspecified atom stereocenters. The zero-order chi connectivity index (χ0) is 12.8. The Hall–Kier alpha value is -1.32. The van der Waals surface area contributed by atoms with Crippen LogP contribution in [-0.2, 0) is 12.8 Å². The van der Waals surface area contributed by atoms with Gasteiger partial charge in [-0.05, 0) is 30.7 Å². The summed E-state index contributed by atoms with van der Waals surface area (Å²) < 4.78 is 5.65. The third kappa shape index (κ3) is 3.86. The molecule has 2 aromatic rings. The van der Waals surface area contributed by atoms with Crippen molar-refractivity contribution in [2.45, 2.75) is 25.8 Å². The standard InChI is InChI=1S/C15H19NOS/c1-2-14-8-9-15(18-14)10-12(16)11-17-13-6-4-3-5-7-13/h3-9,12H,2,10-11,16H2,1H3. The molecule has 0 saturated carbocycles. The molecule has 96 valence electrons. The molecule has 2 rings (SSSR count). The first-order chi connectivity index (χ1) is 8.78. The summed E-state index contributed by atoms with van der Waals surface area (Å²) in [6.45, 7) is 2.73. The number of aryl methyl sites for hydroxylation is 1. The molecule has 0 aliphatic carbocycles. The molecule has 0 spiro atoms. The van der Waals surface area contributed by atoms with Gasteiger partial charge >= 0.3 is 0 Å². The Balaban J connectivity index is 1.80. The molecular weight excluding hydrogens is 242 g/mol. The molecule has 0 aliphatic rings. The van der Waals surface area contributed by atoms with Crippen LogP contribution in [0.15, 0.2) is 42.5 Å². The van der Waals surface area contributed by atoms with E-state index < -0.39 is 0 Å². The molecule has 0 aliphatic heterocycles. The van der Waals surface area contributed by atoms with Crippen molar-refractivity contribution < 1.29 is 4.74 Å². The lowest BCUT2D eigenvalue weighted by Crippen LogP contribution is -2.29. The van der Waals surface area contributed by atoms with Gasteiger partial charge in [0.1, 0.15) is 12.4 Å². The van der Waals surface area contributed by atoms with Gasteiger partial charge in [-0.3, -0.25) is 0 Å². The summed E-state index contributed by atoms with van der Waals surface area (Å²) in [5, 5.41) is 0. The second-order valence-corrected chi connectivity index (χ2v) is 5.56. The van der Waals surface area contributed by atoms with E-state index in [9.17, 15) is 0 Å². The Morgan fingerprint density at radius 3 is 2.50 bits per heavy atom. The zero-order valence-corrected chi connectivity index (χ0v) is 11.5. The van der Waals surface area contributed by atoms with Gasteiger partial charge in [0.2, 0.25) is 0 Å². The molecule has 1 atom stereocenters. The van der Waals surface area contributed by atoms with E-state index in [0.717, 1.165) is 18.6 Å². The summed E-state index contributed by atoms with van der Waals surface area (Å²) in [5.41, 5.74) is 6.09. The SMILES string of the molecule is CCc1ccc(CC(N)COc2ccccc2)s1. The molecule has 2 N–H and O–H groups in total. The van der Waals surface area contributed by atoms with E-state index in [1.807, 2.05) is 41.7 Å². The van der Waals surface area contributed by atoms with Gasteiger partial charge in [-0.25, -0.2) is 0 Å². The lowest BCUT2D eigenvalue weighted by atomic mass is 10.2. The van der Waals surface area contributed by atoms with Gasteiger partial charge < -0.3 is 10.5 Å². The fourth-order valence-electron chi connectivity index (χ4n) is 1.76. The summed E-state index contributed by atoms with van der Waals surface area (Å²) in [6, 6.07) is 14.2. The number of thiophene rings is 1. The highest BCUT2D eigenvalue weighted by Gasteiger charge is 2.07. The molecule has 1 heterocycles. The quantitative estimate of drug-likeness (QED) is 0.866. The summed E-state index contributed by atoms with van der Waals surface area (Å²) in [4.78, 5) is 2.76. The zero-order valence-electron chi connectivity index (χ0n) is 10.6. The van der Waals surface area contributed by atoms with Crippen LogP contribution in [0.2, 0.25) is 0 Å². The van der Waals surface area contributed by atoms with Crippen LogP contribution in [0.4, 0.5) is 0 Å². The Bertz CT molecular complexity index is 466. The van der Waals surface area contributed by atoms with E-state index in [2.05, 4.69) is 19.1 Å². The molecule has 0 fully saturated rings. The van der Waals surface area contributed by atoms with Crippen molar-refractivity contribution in [2.75, 3.05) is 6.61 Å². The van der Waals surface area contributed by atoms with Crippen LogP contribution in [0.3, 0.4) is 0 Å². The number of hydrogen-bond acceptors (Lipinski definition) is 3. The highest BCUT2D eigenvalue weighted by molar-refractivity contribution is 7.11. The van der Waals surface area contributed by atoms with Crippen LogP contribution in [0.5, 0.6) is 5.75 Å². The van der Waals surface area contributed by atoms with Crippen LogP contribution in [-0.4, -0.2) is 12.6 Å². The summed E-state index contributed by atoms with van der Waals surface area (Å²) in [6.07, 6.45) is 1.98. The highest BCUT2D eigenvalue weighted by Crippen LogP contribution is 2.18. The van der Waals surface area contributed by atoms with Gasteiger partial charge in [0, 0.05) is 22.2 Å². The van der Waals surface area contributed by atoms with Crippen LogP contribution >= 0.6 is 11.3 Å². The van der Waals surface area contributed by atoms with Crippen molar-refractivity contribution in [3.8, 4) is 5.75 Å². The second kappa shape index (κ2) is 6.57. The molecule has 0 bridgehead atoms. The average Bonchev–Trinajstić information content (AvgIpc) is 2.85. The number of para-hydroxylation sites is 1. The smallest absolute Gasteiger partial charge is 0.119 e. The first-order valence-corrected chi connectivity index (χ1v) is 7.10. The molecular formula is C15H19NOS. The van der Waals surface area contributed by atoms with Crippen LogP contribution in [0.25, 0.3) is 0 Å². The Morgan fingerprint density at radius 1 is 1.11 bits per heavy atom. The highest BCUT2D eigenvalue weighted by atomic mass is 32.1. The maximum absolute atomic E-state index is 6.09. The first-order valence-electron chi connectivity index (χ1n) is 6.29. The molecule has 3 heteroatoms. The molecule has 1 aromatic heterocycles. The molecule has 0 radical (unpaired) electrons. The van der Waals surface area contributed by atoms with Gasteiger partial charge in [-0.2, -0.15) is 0 Å². The predicted molar refractivity (Wildman–Crippen MR) is 77.3 cm³/mol. The lowest BCUT2D eigenvalue weighted by molar-refractivity contribution is 0.288. The van der Waals surface area contributed by atoms with E-state index in [0.29, 0.717) is 6.61 Å². The third-order valence-corrected chi connectivity index (χ3v) is 3.99. The minimum atomic E-state index is 0.0496. The summed E-state index contributed by atoms with van der Waals surface area (Å²) in [7, 11) is 0. The first kappa shape index (κ1) is 13.1. The topological polar surface area (TPSA) is 35.2 Å². The number of ether oxygens (including phenoxy) is 1. The predicted octanol–water partition coefficient (Wildman–Crippen LogP) is 3.26. The molecule has 2 nitrogen and oxygen atoms in total. The number of nitrogens with two attached hydrogens (primary N) is 1. The Morgan fingerprint density at radius 2 is 1.83 bits per heavy atom. The van der Waals surface area contributed by atoms with E-state index in [1.54, 1.807) is 0 Å². The van der Waals surface area contributed by atoms with Crippen LogP contribution in [0, 0.1) is 0 Å². The molecule has 18 heavy (non-hydrogen) atoms. The monoisotopic (exact) mass is 261 g/mol. The summed E-state index contributed by atoms with van der Waals surface area (Å²) in [5.74, 6) is 0.883. The van der Waals surface area contributed by atoms with Crippen LogP contribution in [0.1, 0.15) is 16.7 Å². The number of benzene rings is 1. The number of rotatable bonds is 6. The largest absolute Gasteiger partial charge is 0.492 e. The minimum Gasteiger partial charge on any atom is -0.492 e. The van der Waals surface area contributed by atoms with Crippen molar-refractivity contribution >= 4 is 11.3 Å². The normalized spacial score (nSPS) is 12.3. The second-order valence-electron chi connectivity index (χ2n) is 4.31. The minimum absolute atomic E-state index is 0.0496. The summed E-state index contributed by atoms with van der Waals surface area (Å²) >= 11 is 1.85. The van der Waals surface area contributed by atoms with E-state index in [-0.39, 0.29) is 6.04 Å². The van der Waals surface area contributed by atoms with Crippen molar-refractivity contribution in [2.24, 2.45) is 5.73 Å². The van der Waals surface area contributed by atoms with Gasteiger partial charge in [0.15, 0.2) is 0 Å². The maximum Gasteiger partial charge on any atom is 0.119 e. The maximum atomic E-state index is 6.09. The van der Waals surface area contributed by atoms with Crippen molar-refractivity contribution in [1.29, 1.82) is 0 Å². The fraction of sp³-hybridized carbons (Fsp3) is 0.333. The van der Waals surface area contributed by atoms with Crippen LogP contribution < -0.4 is 10.5 Å². The molecule has 0 amide bonds.